The van der Waals surface area contributed by atoms with Crippen molar-refractivity contribution in [3.8, 4) is 11.3 Å². The van der Waals surface area contributed by atoms with E-state index in [0.29, 0.717) is 24.5 Å². The van der Waals surface area contributed by atoms with Crippen LogP contribution < -0.4 is 10.6 Å². The zero-order valence-corrected chi connectivity index (χ0v) is 17.7. The number of imidazole rings is 1. The van der Waals surface area contributed by atoms with E-state index in [-0.39, 0.29) is 5.91 Å². The fourth-order valence-electron chi connectivity index (χ4n) is 3.29. The number of likely N-dealkylation sites (N-methyl/N-ethyl adjacent to an activating group) is 1. The Labute approximate surface area is 181 Å². The zero-order chi connectivity index (χ0) is 21.6. The molecule has 7 heteroatoms. The van der Waals surface area contributed by atoms with Crippen molar-refractivity contribution in [2.45, 2.75) is 6.54 Å². The minimum absolute atomic E-state index is 0.0881. The molecule has 2 aromatic heterocycles. The fraction of sp³-hybridized carbons (Fsp3) is 0.208. The van der Waals surface area contributed by atoms with Gasteiger partial charge >= 0.3 is 0 Å². The Morgan fingerprint density at radius 1 is 1.10 bits per heavy atom. The van der Waals surface area contributed by atoms with Crippen LogP contribution in [-0.4, -0.2) is 52.4 Å². The Hall–Kier alpha value is -3.71. The lowest BCUT2D eigenvalue weighted by Crippen LogP contribution is -2.31. The predicted molar refractivity (Wildman–Crippen MR) is 123 cm³/mol. The van der Waals surface area contributed by atoms with Crippen molar-refractivity contribution in [1.29, 1.82) is 0 Å². The highest BCUT2D eigenvalue weighted by molar-refractivity contribution is 5.95. The summed E-state index contributed by atoms with van der Waals surface area (Å²) in [6.07, 6.45) is 5.58. The van der Waals surface area contributed by atoms with E-state index in [0.717, 1.165) is 29.0 Å². The van der Waals surface area contributed by atoms with Crippen LogP contribution in [0, 0.1) is 0 Å². The molecule has 2 heterocycles. The van der Waals surface area contributed by atoms with Gasteiger partial charge in [0, 0.05) is 49.4 Å². The van der Waals surface area contributed by atoms with E-state index in [1.54, 1.807) is 6.20 Å². The van der Waals surface area contributed by atoms with Gasteiger partial charge in [0.25, 0.3) is 5.91 Å². The highest BCUT2D eigenvalue weighted by Gasteiger charge is 2.12. The molecule has 0 saturated carbocycles. The monoisotopic (exact) mass is 414 g/mol. The first-order valence-corrected chi connectivity index (χ1v) is 10.2. The number of carbonyl (C=O) groups is 1. The molecule has 2 aromatic carbocycles. The lowest BCUT2D eigenvalue weighted by atomic mass is 10.1. The number of rotatable bonds is 8. The molecule has 2 N–H and O–H groups in total. The van der Waals surface area contributed by atoms with Crippen LogP contribution in [0.1, 0.15) is 15.9 Å². The van der Waals surface area contributed by atoms with E-state index in [1.165, 1.54) is 0 Å². The van der Waals surface area contributed by atoms with Crippen LogP contribution in [0.4, 0.5) is 5.82 Å². The van der Waals surface area contributed by atoms with Crippen molar-refractivity contribution in [3.05, 3.63) is 84.3 Å². The van der Waals surface area contributed by atoms with Crippen molar-refractivity contribution < 1.29 is 4.79 Å². The van der Waals surface area contributed by atoms with E-state index in [4.69, 9.17) is 4.98 Å². The topological polar surface area (TPSA) is 74.6 Å². The number of carbonyl (C=O) groups excluding carboxylic acids is 1. The zero-order valence-electron chi connectivity index (χ0n) is 17.7. The smallest absolute Gasteiger partial charge is 0.251 e. The maximum Gasteiger partial charge on any atom is 0.251 e. The quantitative estimate of drug-likeness (QED) is 0.463. The Balaban J connectivity index is 1.58. The molecule has 4 aromatic rings. The summed E-state index contributed by atoms with van der Waals surface area (Å²) in [5.41, 5.74) is 4.18. The normalized spacial score (nSPS) is 11.1. The molecule has 0 unspecified atom stereocenters. The first-order valence-electron chi connectivity index (χ1n) is 10.2. The summed E-state index contributed by atoms with van der Waals surface area (Å²) in [5.74, 6) is 0.613. The summed E-state index contributed by atoms with van der Waals surface area (Å²) in [7, 11) is 3.96. The molecule has 0 aliphatic carbocycles. The summed E-state index contributed by atoms with van der Waals surface area (Å²) in [5, 5.41) is 6.35. The molecule has 0 fully saturated rings. The molecule has 0 atom stereocenters. The molecule has 0 spiro atoms. The minimum Gasteiger partial charge on any atom is -0.363 e. The third-order valence-electron chi connectivity index (χ3n) is 4.94. The lowest BCUT2D eigenvalue weighted by molar-refractivity contribution is 0.0951. The maximum absolute atomic E-state index is 12.5. The molecule has 31 heavy (non-hydrogen) atoms. The van der Waals surface area contributed by atoms with Crippen LogP contribution in [0.5, 0.6) is 0 Å². The van der Waals surface area contributed by atoms with Crippen LogP contribution in [0.15, 0.2) is 73.2 Å². The molecule has 0 aliphatic heterocycles. The van der Waals surface area contributed by atoms with E-state index in [9.17, 15) is 4.79 Å². The van der Waals surface area contributed by atoms with Gasteiger partial charge in [-0.3, -0.25) is 4.79 Å². The fourth-order valence-corrected chi connectivity index (χ4v) is 3.29. The largest absolute Gasteiger partial charge is 0.363 e. The van der Waals surface area contributed by atoms with Crippen LogP contribution in [0.25, 0.3) is 16.9 Å². The van der Waals surface area contributed by atoms with Crippen LogP contribution >= 0.6 is 0 Å². The molecule has 0 aliphatic rings. The molecule has 1 amide bonds. The second-order valence-corrected chi connectivity index (χ2v) is 7.61. The average molecular weight is 415 g/mol. The average Bonchev–Trinajstić information content (AvgIpc) is 3.27. The number of nitrogens with zero attached hydrogens (tertiary/aromatic N) is 4. The first kappa shape index (κ1) is 20.6. The minimum atomic E-state index is -0.0881. The highest BCUT2D eigenvalue weighted by Crippen LogP contribution is 2.23. The summed E-state index contributed by atoms with van der Waals surface area (Å²) in [4.78, 5) is 23.8. The van der Waals surface area contributed by atoms with Crippen molar-refractivity contribution in [3.63, 3.8) is 0 Å². The maximum atomic E-state index is 12.5. The number of hydrogen-bond acceptors (Lipinski definition) is 5. The third kappa shape index (κ3) is 5.07. The van der Waals surface area contributed by atoms with Gasteiger partial charge in [-0.05, 0) is 31.8 Å². The molecule has 4 rings (SSSR count). The molecule has 0 bridgehead atoms. The second-order valence-electron chi connectivity index (χ2n) is 7.61. The van der Waals surface area contributed by atoms with Gasteiger partial charge in [-0.15, -0.1) is 0 Å². The van der Waals surface area contributed by atoms with Gasteiger partial charge < -0.3 is 19.9 Å². The number of anilines is 1. The van der Waals surface area contributed by atoms with Gasteiger partial charge in [0.1, 0.15) is 0 Å². The second kappa shape index (κ2) is 9.40. The van der Waals surface area contributed by atoms with Crippen molar-refractivity contribution in [2.24, 2.45) is 0 Å². The Bertz CT molecular complexity index is 1170. The summed E-state index contributed by atoms with van der Waals surface area (Å²) in [6.45, 7) is 2.04. The Morgan fingerprint density at radius 2 is 1.94 bits per heavy atom. The van der Waals surface area contributed by atoms with Gasteiger partial charge in [-0.25, -0.2) is 9.97 Å². The lowest BCUT2D eigenvalue weighted by Gasteiger charge is -2.12. The first-order chi connectivity index (χ1) is 15.1. The van der Waals surface area contributed by atoms with Crippen molar-refractivity contribution in [2.75, 3.05) is 32.5 Å². The molecule has 7 nitrogen and oxygen atoms in total. The standard InChI is InChI=1S/C24H26N6O/c1-29(2)13-11-26-24(31)20-10-6-9-19(15-20)21-17-30-14-12-25-23(30)22(28-21)27-16-18-7-4-3-5-8-18/h3-10,12,14-15,17H,11,13,16H2,1-2H3,(H,26,31)(H,27,28). The number of benzene rings is 2. The number of aromatic nitrogens is 3. The third-order valence-corrected chi connectivity index (χ3v) is 4.94. The summed E-state index contributed by atoms with van der Waals surface area (Å²) < 4.78 is 1.94. The van der Waals surface area contributed by atoms with Gasteiger partial charge in [0.2, 0.25) is 0 Å². The van der Waals surface area contributed by atoms with E-state index in [1.807, 2.05) is 78.3 Å². The molecular formula is C24H26N6O. The van der Waals surface area contributed by atoms with Crippen molar-refractivity contribution in [1.82, 2.24) is 24.6 Å². The van der Waals surface area contributed by atoms with Crippen LogP contribution in [-0.2, 0) is 6.54 Å². The number of nitrogens with one attached hydrogen (secondary N) is 2. The van der Waals surface area contributed by atoms with Gasteiger partial charge in [-0.1, -0.05) is 42.5 Å². The van der Waals surface area contributed by atoms with Crippen molar-refractivity contribution >= 4 is 17.4 Å². The molecule has 158 valence electrons. The Kier molecular flexibility index (Phi) is 6.24. The summed E-state index contributed by atoms with van der Waals surface area (Å²) in [6, 6.07) is 17.7. The van der Waals surface area contributed by atoms with Crippen LogP contribution in [0.3, 0.4) is 0 Å². The predicted octanol–water partition coefficient (Wildman–Crippen LogP) is 3.30. The van der Waals surface area contributed by atoms with Gasteiger partial charge in [0.15, 0.2) is 11.5 Å². The van der Waals surface area contributed by atoms with Gasteiger partial charge in [-0.2, -0.15) is 0 Å². The Morgan fingerprint density at radius 3 is 2.74 bits per heavy atom. The molecule has 0 radical (unpaired) electrons. The van der Waals surface area contributed by atoms with Gasteiger partial charge in [0.05, 0.1) is 5.69 Å². The number of hydrogen-bond donors (Lipinski definition) is 2. The number of fused-ring (bicyclic) bond motifs is 1. The van der Waals surface area contributed by atoms with E-state index >= 15 is 0 Å². The van der Waals surface area contributed by atoms with E-state index in [2.05, 4.69) is 27.8 Å². The highest BCUT2D eigenvalue weighted by atomic mass is 16.1. The van der Waals surface area contributed by atoms with Crippen LogP contribution in [0.2, 0.25) is 0 Å². The number of amides is 1. The molecule has 0 saturated heterocycles. The SMILES string of the molecule is CN(C)CCNC(=O)c1cccc(-c2cn3ccnc3c(NCc3ccccc3)n2)c1. The van der Waals surface area contributed by atoms with E-state index < -0.39 is 0 Å². The summed E-state index contributed by atoms with van der Waals surface area (Å²) >= 11 is 0. The molecular weight excluding hydrogens is 388 g/mol.